The summed E-state index contributed by atoms with van der Waals surface area (Å²) in [5.41, 5.74) is 0.229. The lowest BCUT2D eigenvalue weighted by atomic mass is 10.1. The van der Waals surface area contributed by atoms with Gasteiger partial charge in [0.15, 0.2) is 9.84 Å². The van der Waals surface area contributed by atoms with E-state index < -0.39 is 9.84 Å². The highest BCUT2D eigenvalue weighted by Gasteiger charge is 2.14. The second kappa shape index (κ2) is 5.61. The van der Waals surface area contributed by atoms with Crippen molar-refractivity contribution in [2.45, 2.75) is 38.1 Å². The zero-order chi connectivity index (χ0) is 14.7. The molecule has 19 heavy (non-hydrogen) atoms. The van der Waals surface area contributed by atoms with Crippen molar-refractivity contribution in [2.75, 3.05) is 11.1 Å². The number of carbonyl (C=O) groups is 1. The van der Waals surface area contributed by atoms with E-state index in [1.165, 1.54) is 12.1 Å². The minimum absolute atomic E-state index is 0.0598. The molecule has 0 fully saturated rings. The van der Waals surface area contributed by atoms with Crippen LogP contribution in [0.3, 0.4) is 0 Å². The molecule has 6 heteroatoms. The molecule has 0 spiro atoms. The van der Waals surface area contributed by atoms with Gasteiger partial charge in [0, 0.05) is 11.2 Å². The van der Waals surface area contributed by atoms with Crippen molar-refractivity contribution in [3.63, 3.8) is 0 Å². The van der Waals surface area contributed by atoms with Gasteiger partial charge in [0.1, 0.15) is 0 Å². The molecule has 0 aromatic heterocycles. The second-order valence-corrected chi connectivity index (χ2v) is 7.54. The van der Waals surface area contributed by atoms with Crippen molar-refractivity contribution in [3.8, 4) is 0 Å². The summed E-state index contributed by atoms with van der Waals surface area (Å²) in [6, 6.07) is 5.81. The molecule has 0 aliphatic heterocycles. The van der Waals surface area contributed by atoms with Crippen molar-refractivity contribution in [2.24, 2.45) is 0 Å². The van der Waals surface area contributed by atoms with Gasteiger partial charge in [0.2, 0.25) is 0 Å². The van der Waals surface area contributed by atoms with Gasteiger partial charge in [-0.1, -0.05) is 6.92 Å². The quantitative estimate of drug-likeness (QED) is 0.895. The lowest BCUT2D eigenvalue weighted by Gasteiger charge is -2.20. The summed E-state index contributed by atoms with van der Waals surface area (Å²) in [4.78, 5) is 11.9. The summed E-state index contributed by atoms with van der Waals surface area (Å²) in [6.07, 6.45) is 0. The van der Waals surface area contributed by atoms with Crippen molar-refractivity contribution >= 4 is 21.6 Å². The molecule has 0 radical (unpaired) electrons. The van der Waals surface area contributed by atoms with Crippen LogP contribution in [0.25, 0.3) is 0 Å². The SMILES string of the molecule is CCS(=O)(=O)c1ccc(NC(=O)NC(C)(C)C)cc1. The van der Waals surface area contributed by atoms with Crippen LogP contribution in [-0.2, 0) is 9.84 Å². The standard InChI is InChI=1S/C13H20N2O3S/c1-5-19(17,18)11-8-6-10(7-9-11)14-12(16)15-13(2,3)4/h6-9H,5H2,1-4H3,(H2,14,15,16). The van der Waals surface area contributed by atoms with E-state index in [0.717, 1.165) is 0 Å². The average molecular weight is 284 g/mol. The van der Waals surface area contributed by atoms with E-state index in [1.54, 1.807) is 19.1 Å². The molecule has 1 rings (SSSR count). The fourth-order valence-corrected chi connectivity index (χ4v) is 2.30. The molecule has 0 aliphatic carbocycles. The Morgan fingerprint density at radius 3 is 2.11 bits per heavy atom. The van der Waals surface area contributed by atoms with E-state index in [0.29, 0.717) is 5.69 Å². The van der Waals surface area contributed by atoms with Gasteiger partial charge < -0.3 is 10.6 Å². The topological polar surface area (TPSA) is 75.3 Å². The highest BCUT2D eigenvalue weighted by Crippen LogP contribution is 2.15. The molecule has 0 heterocycles. The molecule has 106 valence electrons. The minimum atomic E-state index is -3.20. The lowest BCUT2D eigenvalue weighted by Crippen LogP contribution is -2.43. The molecule has 2 amide bonds. The Hall–Kier alpha value is -1.56. The first-order valence-electron chi connectivity index (χ1n) is 6.06. The van der Waals surface area contributed by atoms with Gasteiger partial charge in [0.25, 0.3) is 0 Å². The molecule has 0 unspecified atom stereocenters. The molecule has 0 aliphatic rings. The fraction of sp³-hybridized carbons (Fsp3) is 0.462. The zero-order valence-corrected chi connectivity index (χ0v) is 12.5. The maximum absolute atomic E-state index is 11.6. The normalized spacial score (nSPS) is 12.0. The van der Waals surface area contributed by atoms with E-state index in [-0.39, 0.29) is 22.2 Å². The molecule has 5 nitrogen and oxygen atoms in total. The molecule has 1 aromatic rings. The predicted octanol–water partition coefficient (Wildman–Crippen LogP) is 2.40. The summed E-state index contributed by atoms with van der Waals surface area (Å²) in [6.45, 7) is 7.23. The first kappa shape index (κ1) is 15.5. The number of hydrogen-bond donors (Lipinski definition) is 2. The number of nitrogens with one attached hydrogen (secondary N) is 2. The zero-order valence-electron chi connectivity index (χ0n) is 11.6. The van der Waals surface area contributed by atoms with Crippen LogP contribution in [0.4, 0.5) is 10.5 Å². The Labute approximate surface area is 114 Å². The summed E-state index contributed by atoms with van der Waals surface area (Å²) in [5, 5.41) is 5.41. The highest BCUT2D eigenvalue weighted by molar-refractivity contribution is 7.91. The molecule has 1 aromatic carbocycles. The monoisotopic (exact) mass is 284 g/mol. The van der Waals surface area contributed by atoms with Crippen LogP contribution in [0.15, 0.2) is 29.2 Å². The molecule has 0 bridgehead atoms. The van der Waals surface area contributed by atoms with Gasteiger partial charge in [-0.25, -0.2) is 13.2 Å². The van der Waals surface area contributed by atoms with E-state index in [4.69, 9.17) is 0 Å². The summed E-state index contributed by atoms with van der Waals surface area (Å²) < 4.78 is 23.2. The molecule has 2 N–H and O–H groups in total. The largest absolute Gasteiger partial charge is 0.333 e. The maximum Gasteiger partial charge on any atom is 0.319 e. The van der Waals surface area contributed by atoms with Crippen LogP contribution in [0.1, 0.15) is 27.7 Å². The van der Waals surface area contributed by atoms with E-state index in [1.807, 2.05) is 20.8 Å². The first-order valence-corrected chi connectivity index (χ1v) is 7.71. The summed E-state index contributed by atoms with van der Waals surface area (Å²) in [7, 11) is -3.20. The van der Waals surface area contributed by atoms with Crippen molar-refractivity contribution in [1.29, 1.82) is 0 Å². The maximum atomic E-state index is 11.6. The second-order valence-electron chi connectivity index (χ2n) is 5.26. The molecular weight excluding hydrogens is 264 g/mol. The van der Waals surface area contributed by atoms with Crippen LogP contribution in [0.5, 0.6) is 0 Å². The third-order valence-electron chi connectivity index (χ3n) is 2.34. The van der Waals surface area contributed by atoms with Crippen LogP contribution < -0.4 is 10.6 Å². The number of sulfone groups is 1. The molecule has 0 saturated carbocycles. The number of rotatable bonds is 3. The number of urea groups is 1. The Balaban J connectivity index is 2.76. The molecule has 0 atom stereocenters. The van der Waals surface area contributed by atoms with Crippen molar-refractivity contribution < 1.29 is 13.2 Å². The Morgan fingerprint density at radius 1 is 1.16 bits per heavy atom. The van der Waals surface area contributed by atoms with Crippen molar-refractivity contribution in [3.05, 3.63) is 24.3 Å². The van der Waals surface area contributed by atoms with Crippen LogP contribution in [-0.4, -0.2) is 25.7 Å². The lowest BCUT2D eigenvalue weighted by molar-refractivity contribution is 0.244. The number of hydrogen-bond acceptors (Lipinski definition) is 3. The number of benzene rings is 1. The smallest absolute Gasteiger partial charge is 0.319 e. The molecular formula is C13H20N2O3S. The number of anilines is 1. The molecule has 0 saturated heterocycles. The Kier molecular flexibility index (Phi) is 4.57. The summed E-state index contributed by atoms with van der Waals surface area (Å²) >= 11 is 0. The average Bonchev–Trinajstić information content (AvgIpc) is 2.27. The fourth-order valence-electron chi connectivity index (χ4n) is 1.42. The Bertz CT molecular complexity index is 542. The third kappa shape index (κ3) is 4.90. The van der Waals surface area contributed by atoms with Gasteiger partial charge >= 0.3 is 6.03 Å². The van der Waals surface area contributed by atoms with Crippen LogP contribution in [0.2, 0.25) is 0 Å². The Morgan fingerprint density at radius 2 is 1.68 bits per heavy atom. The van der Waals surface area contributed by atoms with E-state index in [9.17, 15) is 13.2 Å². The van der Waals surface area contributed by atoms with Gasteiger partial charge in [-0.05, 0) is 45.0 Å². The van der Waals surface area contributed by atoms with Gasteiger partial charge in [-0.15, -0.1) is 0 Å². The number of carbonyl (C=O) groups excluding carboxylic acids is 1. The van der Waals surface area contributed by atoms with Gasteiger partial charge in [-0.3, -0.25) is 0 Å². The number of amides is 2. The van der Waals surface area contributed by atoms with Crippen molar-refractivity contribution in [1.82, 2.24) is 5.32 Å². The van der Waals surface area contributed by atoms with E-state index in [2.05, 4.69) is 10.6 Å². The third-order valence-corrected chi connectivity index (χ3v) is 4.09. The predicted molar refractivity (Wildman–Crippen MR) is 76.1 cm³/mol. The van der Waals surface area contributed by atoms with Crippen LogP contribution >= 0.6 is 0 Å². The summed E-state index contributed by atoms with van der Waals surface area (Å²) in [5.74, 6) is 0.0598. The minimum Gasteiger partial charge on any atom is -0.333 e. The first-order chi connectivity index (χ1) is 8.64. The van der Waals surface area contributed by atoms with Gasteiger partial charge in [0.05, 0.1) is 10.6 Å². The highest BCUT2D eigenvalue weighted by atomic mass is 32.2. The van der Waals surface area contributed by atoms with E-state index >= 15 is 0 Å². The van der Waals surface area contributed by atoms with Crippen LogP contribution in [0, 0.1) is 0 Å². The van der Waals surface area contributed by atoms with Gasteiger partial charge in [-0.2, -0.15) is 0 Å².